The molecule has 1 unspecified atom stereocenters. The van der Waals surface area contributed by atoms with Crippen molar-refractivity contribution < 1.29 is 39.5 Å². The molecule has 2 aromatic carbocycles. The number of aromatic nitrogens is 5. The van der Waals surface area contributed by atoms with Crippen LogP contribution in [0.1, 0.15) is 58.1 Å². The molecule has 0 radical (unpaired) electrons. The first-order chi connectivity index (χ1) is 21.0. The van der Waals surface area contributed by atoms with Gasteiger partial charge >= 0.3 is 18.5 Å². The molecule has 5 rings (SSSR count). The summed E-state index contributed by atoms with van der Waals surface area (Å²) < 4.78 is 124. The summed E-state index contributed by atoms with van der Waals surface area (Å²) >= 11 is 0. The number of benzene rings is 2. The van der Waals surface area contributed by atoms with Crippen LogP contribution in [0.2, 0.25) is 0 Å². The molecule has 0 N–H and O–H groups in total. The first-order valence-corrected chi connectivity index (χ1v) is 13.7. The molecule has 0 spiro atoms. The van der Waals surface area contributed by atoms with Gasteiger partial charge in [0.05, 0.1) is 46.9 Å². The van der Waals surface area contributed by atoms with Crippen LogP contribution in [-0.2, 0) is 38.7 Å². The monoisotopic (exact) mass is 643 g/mol. The van der Waals surface area contributed by atoms with Crippen LogP contribution in [0.4, 0.5) is 51.1 Å². The number of tetrazole rings is 1. The van der Waals surface area contributed by atoms with Crippen molar-refractivity contribution in [3.05, 3.63) is 93.8 Å². The Morgan fingerprint density at radius 1 is 0.844 bits per heavy atom. The van der Waals surface area contributed by atoms with E-state index >= 15 is 0 Å². The van der Waals surface area contributed by atoms with E-state index in [1.165, 1.54) is 18.9 Å². The summed E-state index contributed by atoms with van der Waals surface area (Å²) in [6, 6.07) is 10.3. The highest BCUT2D eigenvalue weighted by molar-refractivity contribution is 5.58. The van der Waals surface area contributed by atoms with Crippen molar-refractivity contribution >= 4 is 11.6 Å². The minimum Gasteiger partial charge on any atom is -0.366 e. The average molecular weight is 644 g/mol. The van der Waals surface area contributed by atoms with Crippen molar-refractivity contribution in [2.45, 2.75) is 57.4 Å². The Bertz CT molecular complexity index is 1610. The molecule has 0 saturated heterocycles. The van der Waals surface area contributed by atoms with E-state index in [0.717, 1.165) is 16.4 Å². The molecule has 1 aliphatic heterocycles. The van der Waals surface area contributed by atoms with Crippen LogP contribution in [-0.4, -0.2) is 31.7 Å². The maximum absolute atomic E-state index is 14.1. The summed E-state index contributed by atoms with van der Waals surface area (Å²) in [6.45, 7) is 1.17. The fourth-order valence-electron chi connectivity index (χ4n) is 5.42. The molecule has 0 aliphatic carbocycles. The Morgan fingerprint density at radius 3 is 2.04 bits per heavy atom. The van der Waals surface area contributed by atoms with E-state index in [1.54, 1.807) is 23.1 Å². The number of alkyl halides is 9. The van der Waals surface area contributed by atoms with Crippen LogP contribution in [0.3, 0.4) is 0 Å². The topological polar surface area (TPSA) is 63.0 Å². The Balaban J connectivity index is 1.67. The molecular formula is C29H26F9N7. The van der Waals surface area contributed by atoms with Gasteiger partial charge in [-0.25, -0.2) is 0 Å². The third kappa shape index (κ3) is 7.14. The van der Waals surface area contributed by atoms with E-state index in [2.05, 4.69) is 20.4 Å². The lowest BCUT2D eigenvalue weighted by atomic mass is 10.0. The number of rotatable bonds is 6. The van der Waals surface area contributed by atoms with Crippen LogP contribution in [0.5, 0.6) is 0 Å². The predicted molar refractivity (Wildman–Crippen MR) is 145 cm³/mol. The SMILES string of the molecule is Cc1nc2c(cc1C(F)(F)F)N(Cc1ccccc1)CCCC2N(Cc1cc(C(F)(F)F)cc(C(F)(F)F)c1)c1nnn(C)n1. The van der Waals surface area contributed by atoms with Crippen molar-refractivity contribution in [3.63, 3.8) is 0 Å². The van der Waals surface area contributed by atoms with Crippen molar-refractivity contribution in [2.75, 3.05) is 16.3 Å². The summed E-state index contributed by atoms with van der Waals surface area (Å²) in [5.74, 6) is -0.143. The second kappa shape index (κ2) is 11.9. The maximum Gasteiger partial charge on any atom is 0.418 e. The Labute approximate surface area is 251 Å². The lowest BCUT2D eigenvalue weighted by Crippen LogP contribution is -2.31. The van der Waals surface area contributed by atoms with Crippen molar-refractivity contribution in [2.24, 2.45) is 7.05 Å². The highest BCUT2D eigenvalue weighted by atomic mass is 19.4. The summed E-state index contributed by atoms with van der Waals surface area (Å²) in [6.07, 6.45) is -14.3. The second-order valence-corrected chi connectivity index (χ2v) is 10.7. The molecule has 45 heavy (non-hydrogen) atoms. The molecule has 16 heteroatoms. The van der Waals surface area contributed by atoms with Crippen LogP contribution in [0.25, 0.3) is 0 Å². The van der Waals surface area contributed by atoms with Gasteiger partial charge in [-0.3, -0.25) is 4.98 Å². The van der Waals surface area contributed by atoms with E-state index in [4.69, 9.17) is 0 Å². The van der Waals surface area contributed by atoms with Gasteiger partial charge in [-0.05, 0) is 60.4 Å². The minimum atomic E-state index is -5.08. The normalized spacial score (nSPS) is 16.0. The first-order valence-electron chi connectivity index (χ1n) is 13.7. The van der Waals surface area contributed by atoms with E-state index < -0.39 is 47.8 Å². The molecule has 4 aromatic rings. The van der Waals surface area contributed by atoms with E-state index in [1.807, 2.05) is 12.1 Å². The van der Waals surface area contributed by atoms with E-state index in [9.17, 15) is 39.5 Å². The number of nitrogens with zero attached hydrogens (tertiary/aromatic N) is 7. The molecule has 0 bridgehead atoms. The molecule has 2 aromatic heterocycles. The van der Waals surface area contributed by atoms with Crippen molar-refractivity contribution in [1.82, 2.24) is 25.2 Å². The van der Waals surface area contributed by atoms with Gasteiger partial charge in [-0.1, -0.05) is 35.4 Å². The number of hydrogen-bond acceptors (Lipinski definition) is 6. The van der Waals surface area contributed by atoms with Crippen molar-refractivity contribution in [1.29, 1.82) is 0 Å². The minimum absolute atomic E-state index is 0.0282. The molecule has 0 saturated carbocycles. The Morgan fingerprint density at radius 2 is 1.49 bits per heavy atom. The zero-order valence-corrected chi connectivity index (χ0v) is 23.8. The fourth-order valence-corrected chi connectivity index (χ4v) is 5.42. The standard InChI is InChI=1S/C29H26F9N7/c1-17-22(29(36,37)38)14-24-25(39-17)23(9-6-10-44(24)15-18-7-4-3-5-8-18)45(26-40-42-43(2)41-26)16-19-11-20(27(30,31)32)13-21(12-19)28(33,34)35/h3-5,7-8,11-14,23H,6,9-10,15-16H2,1-2H3. The number of halogens is 9. The van der Waals surface area contributed by atoms with E-state index in [-0.39, 0.29) is 47.6 Å². The molecule has 0 fully saturated rings. The van der Waals surface area contributed by atoms with Crippen LogP contribution < -0.4 is 9.80 Å². The molecular weight excluding hydrogens is 617 g/mol. The second-order valence-electron chi connectivity index (χ2n) is 10.7. The Kier molecular flexibility index (Phi) is 8.44. The molecule has 1 aliphatic rings. The van der Waals surface area contributed by atoms with Gasteiger partial charge in [0, 0.05) is 19.6 Å². The Hall–Kier alpha value is -4.37. The molecule has 3 heterocycles. The van der Waals surface area contributed by atoms with Crippen molar-refractivity contribution in [3.8, 4) is 0 Å². The summed E-state index contributed by atoms with van der Waals surface area (Å²) in [4.78, 5) is 8.51. The smallest absolute Gasteiger partial charge is 0.366 e. The number of fused-ring (bicyclic) bond motifs is 1. The highest BCUT2D eigenvalue weighted by Gasteiger charge is 2.40. The molecule has 1 atom stereocenters. The number of pyridine rings is 1. The van der Waals surface area contributed by atoms with Gasteiger partial charge in [-0.15, -0.1) is 5.10 Å². The summed E-state index contributed by atoms with van der Waals surface area (Å²) in [7, 11) is 1.42. The molecule has 0 amide bonds. The fraction of sp³-hybridized carbons (Fsp3) is 0.379. The van der Waals surface area contributed by atoms with Crippen LogP contribution in [0, 0.1) is 6.92 Å². The maximum atomic E-state index is 14.1. The zero-order chi connectivity index (χ0) is 32.7. The third-order valence-corrected chi connectivity index (χ3v) is 7.44. The van der Waals surface area contributed by atoms with Gasteiger partial charge < -0.3 is 9.80 Å². The van der Waals surface area contributed by atoms with Crippen LogP contribution >= 0.6 is 0 Å². The summed E-state index contributed by atoms with van der Waals surface area (Å²) in [5.41, 5.74) is -3.56. The van der Waals surface area contributed by atoms with Gasteiger partial charge in [0.2, 0.25) is 0 Å². The zero-order valence-electron chi connectivity index (χ0n) is 23.8. The average Bonchev–Trinajstić information content (AvgIpc) is 3.30. The quantitative estimate of drug-likeness (QED) is 0.203. The van der Waals surface area contributed by atoms with Gasteiger partial charge in [0.15, 0.2) is 0 Å². The number of hydrogen-bond donors (Lipinski definition) is 0. The first kappa shape index (κ1) is 32.0. The van der Waals surface area contributed by atoms with Gasteiger partial charge in [-0.2, -0.15) is 44.3 Å². The van der Waals surface area contributed by atoms with Gasteiger partial charge in [0.25, 0.3) is 5.95 Å². The predicted octanol–water partition coefficient (Wildman–Crippen LogP) is 7.52. The largest absolute Gasteiger partial charge is 0.418 e. The molecule has 7 nitrogen and oxygen atoms in total. The third-order valence-electron chi connectivity index (χ3n) is 7.44. The number of anilines is 2. The van der Waals surface area contributed by atoms with E-state index in [0.29, 0.717) is 25.1 Å². The lowest BCUT2D eigenvalue weighted by Gasteiger charge is -2.32. The lowest BCUT2D eigenvalue weighted by molar-refractivity contribution is -0.143. The van der Waals surface area contributed by atoms with Crippen LogP contribution in [0.15, 0.2) is 54.6 Å². The summed E-state index contributed by atoms with van der Waals surface area (Å²) in [5, 5.41) is 11.9. The van der Waals surface area contributed by atoms with Gasteiger partial charge in [0.1, 0.15) is 0 Å². The highest BCUT2D eigenvalue weighted by Crippen LogP contribution is 2.43. The number of aryl methyl sites for hydroxylation is 2. The molecule has 240 valence electrons.